The van der Waals surface area contributed by atoms with Gasteiger partial charge in [-0.15, -0.1) is 0 Å². The van der Waals surface area contributed by atoms with E-state index in [9.17, 15) is 4.79 Å². The Kier molecular flexibility index (Phi) is 2.90. The molecule has 0 N–H and O–H groups in total. The van der Waals surface area contributed by atoms with Crippen LogP contribution in [0.4, 0.5) is 0 Å². The van der Waals surface area contributed by atoms with Crippen LogP contribution in [0.2, 0.25) is 0 Å². The lowest BCUT2D eigenvalue weighted by atomic mass is 9.49. The van der Waals surface area contributed by atoms with Crippen molar-refractivity contribution in [1.82, 2.24) is 0 Å². The first-order valence-electron chi connectivity index (χ1n) is 6.88. The van der Waals surface area contributed by atoms with Crippen molar-refractivity contribution in [2.24, 2.45) is 5.41 Å². The Hall–Kier alpha value is -1.35. The summed E-state index contributed by atoms with van der Waals surface area (Å²) in [6, 6.07) is 8.46. The second-order valence-electron chi connectivity index (χ2n) is 5.87. The molecule has 0 radical (unpaired) electrons. The molecule has 0 amide bonds. The zero-order valence-electron chi connectivity index (χ0n) is 11.6. The first-order chi connectivity index (χ1) is 9.14. The largest absolute Gasteiger partial charge is 0.469 e. The van der Waals surface area contributed by atoms with Gasteiger partial charge in [0.15, 0.2) is 0 Å². The molecule has 2 aliphatic rings. The van der Waals surface area contributed by atoms with Gasteiger partial charge in [0.05, 0.1) is 31.2 Å². The second kappa shape index (κ2) is 4.34. The molecule has 0 atom stereocenters. The lowest BCUT2D eigenvalue weighted by Gasteiger charge is -2.58. The van der Waals surface area contributed by atoms with Gasteiger partial charge in [-0.05, 0) is 25.3 Å². The summed E-state index contributed by atoms with van der Waals surface area (Å²) >= 11 is 0. The fraction of sp³-hybridized carbons (Fsp3) is 0.562. The second-order valence-corrected chi connectivity index (χ2v) is 5.87. The van der Waals surface area contributed by atoms with Crippen molar-refractivity contribution < 1.29 is 14.3 Å². The van der Waals surface area contributed by atoms with Gasteiger partial charge >= 0.3 is 5.97 Å². The Bertz CT molecular complexity index is 498. The van der Waals surface area contributed by atoms with Crippen molar-refractivity contribution in [2.75, 3.05) is 20.3 Å². The summed E-state index contributed by atoms with van der Waals surface area (Å²) < 4.78 is 10.6. The molecular formula is C16H20O3. The number of methoxy groups -OCH3 is 1. The minimum absolute atomic E-state index is 0.0662. The van der Waals surface area contributed by atoms with Crippen molar-refractivity contribution in [2.45, 2.75) is 31.6 Å². The highest BCUT2D eigenvalue weighted by molar-refractivity contribution is 5.81. The number of hydrogen-bond acceptors (Lipinski definition) is 3. The highest BCUT2D eigenvalue weighted by Crippen LogP contribution is 2.59. The molecule has 0 unspecified atom stereocenters. The molecule has 0 bridgehead atoms. The Morgan fingerprint density at radius 3 is 2.47 bits per heavy atom. The number of ether oxygens (including phenoxy) is 2. The first-order valence-corrected chi connectivity index (χ1v) is 6.88. The fourth-order valence-electron chi connectivity index (χ4n) is 3.57. The summed E-state index contributed by atoms with van der Waals surface area (Å²) in [5.41, 5.74) is 1.91. The van der Waals surface area contributed by atoms with Crippen molar-refractivity contribution in [3.8, 4) is 0 Å². The molecule has 1 aliphatic carbocycles. The molecule has 19 heavy (non-hydrogen) atoms. The summed E-state index contributed by atoms with van der Waals surface area (Å²) in [5.74, 6) is -0.0662. The van der Waals surface area contributed by atoms with Crippen molar-refractivity contribution in [1.29, 1.82) is 0 Å². The van der Waals surface area contributed by atoms with Crippen molar-refractivity contribution in [3.63, 3.8) is 0 Å². The van der Waals surface area contributed by atoms with Gasteiger partial charge in [0.1, 0.15) is 0 Å². The van der Waals surface area contributed by atoms with Crippen LogP contribution in [0.25, 0.3) is 0 Å². The first kappa shape index (κ1) is 12.7. The van der Waals surface area contributed by atoms with Crippen LogP contribution in [0.5, 0.6) is 0 Å². The molecule has 1 heterocycles. The van der Waals surface area contributed by atoms with E-state index in [0.717, 1.165) is 19.3 Å². The van der Waals surface area contributed by atoms with E-state index >= 15 is 0 Å². The molecule has 1 saturated carbocycles. The Balaban J connectivity index is 2.06. The molecule has 102 valence electrons. The molecule has 2 fully saturated rings. The van der Waals surface area contributed by atoms with E-state index in [0.29, 0.717) is 13.2 Å². The topological polar surface area (TPSA) is 35.5 Å². The minimum Gasteiger partial charge on any atom is -0.469 e. The van der Waals surface area contributed by atoms with Crippen molar-refractivity contribution in [3.05, 3.63) is 35.4 Å². The number of rotatable bonds is 3. The van der Waals surface area contributed by atoms with E-state index in [4.69, 9.17) is 9.47 Å². The summed E-state index contributed by atoms with van der Waals surface area (Å²) in [5, 5.41) is 0. The summed E-state index contributed by atoms with van der Waals surface area (Å²) in [7, 11) is 1.49. The Morgan fingerprint density at radius 2 is 2.05 bits per heavy atom. The van der Waals surface area contributed by atoms with Crippen molar-refractivity contribution >= 4 is 5.97 Å². The van der Waals surface area contributed by atoms with E-state index in [-0.39, 0.29) is 16.8 Å². The van der Waals surface area contributed by atoms with Crippen LogP contribution in [0, 0.1) is 12.3 Å². The zero-order valence-corrected chi connectivity index (χ0v) is 11.6. The van der Waals surface area contributed by atoms with Gasteiger partial charge in [-0.3, -0.25) is 4.79 Å². The van der Waals surface area contributed by atoms with E-state index in [1.807, 2.05) is 0 Å². The standard InChI is InChI=1S/C16H20O3/c1-12-5-3-6-13(9-12)16(10-19-11-16)15(7-4-8-15)14(17)18-2/h3,5-6,9H,4,7-8,10-11H2,1-2H3. The minimum atomic E-state index is -0.367. The molecule has 1 aromatic rings. The monoisotopic (exact) mass is 260 g/mol. The van der Waals surface area contributed by atoms with Gasteiger partial charge in [-0.25, -0.2) is 0 Å². The number of carbonyl (C=O) groups is 1. The van der Waals surface area contributed by atoms with Crippen LogP contribution in [-0.4, -0.2) is 26.3 Å². The third kappa shape index (κ3) is 1.57. The molecule has 3 nitrogen and oxygen atoms in total. The SMILES string of the molecule is COC(=O)C1(C2(c3cccc(C)c3)COC2)CCC1. The Morgan fingerprint density at radius 1 is 1.32 bits per heavy atom. The fourth-order valence-corrected chi connectivity index (χ4v) is 3.57. The van der Waals surface area contributed by atoms with Crippen LogP contribution in [0.1, 0.15) is 30.4 Å². The number of benzene rings is 1. The third-order valence-electron chi connectivity index (χ3n) is 4.97. The number of carbonyl (C=O) groups excluding carboxylic acids is 1. The van der Waals surface area contributed by atoms with Gasteiger partial charge in [-0.2, -0.15) is 0 Å². The van der Waals surface area contributed by atoms with Gasteiger partial charge < -0.3 is 9.47 Å². The van der Waals surface area contributed by atoms with E-state index in [1.165, 1.54) is 18.2 Å². The smallest absolute Gasteiger partial charge is 0.312 e. The molecule has 1 aromatic carbocycles. The van der Waals surface area contributed by atoms with Crippen LogP contribution < -0.4 is 0 Å². The molecular weight excluding hydrogens is 240 g/mol. The maximum Gasteiger partial charge on any atom is 0.312 e. The predicted molar refractivity (Wildman–Crippen MR) is 72.0 cm³/mol. The molecule has 1 aliphatic heterocycles. The lowest BCUT2D eigenvalue weighted by Crippen LogP contribution is -2.65. The number of aryl methyl sites for hydroxylation is 1. The quantitative estimate of drug-likeness (QED) is 0.784. The molecule has 1 saturated heterocycles. The average Bonchev–Trinajstić information content (AvgIpc) is 2.30. The summed E-state index contributed by atoms with van der Waals surface area (Å²) in [6.45, 7) is 3.35. The lowest BCUT2D eigenvalue weighted by molar-refractivity contribution is -0.195. The average molecular weight is 260 g/mol. The summed E-state index contributed by atoms with van der Waals surface area (Å²) in [6.07, 6.45) is 2.93. The van der Waals surface area contributed by atoms with E-state index in [1.54, 1.807) is 0 Å². The van der Waals surface area contributed by atoms with Gasteiger partial charge in [0.2, 0.25) is 0 Å². The molecule has 3 heteroatoms. The third-order valence-corrected chi connectivity index (χ3v) is 4.97. The van der Waals surface area contributed by atoms with Crippen LogP contribution in [-0.2, 0) is 19.7 Å². The highest BCUT2D eigenvalue weighted by Gasteiger charge is 2.64. The maximum absolute atomic E-state index is 12.3. The normalized spacial score (nSPS) is 23.1. The molecule has 0 spiro atoms. The van der Waals surface area contributed by atoms with E-state index < -0.39 is 0 Å². The van der Waals surface area contributed by atoms with Gasteiger partial charge in [0, 0.05) is 0 Å². The molecule has 3 rings (SSSR count). The van der Waals surface area contributed by atoms with Crippen LogP contribution in [0.3, 0.4) is 0 Å². The van der Waals surface area contributed by atoms with Crippen LogP contribution in [0.15, 0.2) is 24.3 Å². The van der Waals surface area contributed by atoms with Gasteiger partial charge in [0.25, 0.3) is 0 Å². The zero-order chi connectivity index (χ0) is 13.5. The Labute approximate surface area is 113 Å². The van der Waals surface area contributed by atoms with Crippen LogP contribution >= 0.6 is 0 Å². The highest BCUT2D eigenvalue weighted by atomic mass is 16.5. The molecule has 0 aromatic heterocycles. The van der Waals surface area contributed by atoms with E-state index in [2.05, 4.69) is 31.2 Å². The number of esters is 1. The summed E-state index contributed by atoms with van der Waals surface area (Å²) in [4.78, 5) is 12.3. The maximum atomic E-state index is 12.3. The number of hydrogen-bond donors (Lipinski definition) is 0. The van der Waals surface area contributed by atoms with Gasteiger partial charge in [-0.1, -0.05) is 36.2 Å². The predicted octanol–water partition coefficient (Wildman–Crippen LogP) is 2.61.